The van der Waals surface area contributed by atoms with Crippen LogP contribution in [-0.2, 0) is 11.2 Å². The van der Waals surface area contributed by atoms with E-state index in [0.717, 1.165) is 16.3 Å². The summed E-state index contributed by atoms with van der Waals surface area (Å²) < 4.78 is 5.78. The largest absolute Gasteiger partial charge is 0.487 e. The minimum absolute atomic E-state index is 0.125. The highest BCUT2D eigenvalue weighted by molar-refractivity contribution is 7.12. The zero-order chi connectivity index (χ0) is 19.5. The molecule has 4 rings (SSSR count). The summed E-state index contributed by atoms with van der Waals surface area (Å²) >= 11 is 1.57. The number of pyridine rings is 1. The molecule has 0 radical (unpaired) electrons. The normalized spacial score (nSPS) is 16.1. The standard InChI is InChI=1S/C21H20N4O2S/c1-14(20-23-12-16(28-20)11-15-7-4-3-5-8-15)24-17-13-27-18-9-6-10-22-19(18)25(2)21(17)26/h3-10,12,17,24H,1,11,13H2,2H3/t17-/m0/s1. The molecular weight excluding hydrogens is 372 g/mol. The van der Waals surface area contributed by atoms with Crippen molar-refractivity contribution in [1.29, 1.82) is 0 Å². The van der Waals surface area contributed by atoms with E-state index in [-0.39, 0.29) is 12.5 Å². The quantitative estimate of drug-likeness (QED) is 0.723. The molecule has 1 N–H and O–H groups in total. The van der Waals surface area contributed by atoms with Crippen LogP contribution in [0.5, 0.6) is 5.75 Å². The smallest absolute Gasteiger partial charge is 0.254 e. The van der Waals surface area contributed by atoms with E-state index in [2.05, 4.69) is 34.0 Å². The zero-order valence-corrected chi connectivity index (χ0v) is 16.3. The number of hydrogen-bond acceptors (Lipinski definition) is 6. The van der Waals surface area contributed by atoms with Gasteiger partial charge >= 0.3 is 0 Å². The molecule has 0 aliphatic carbocycles. The highest BCUT2D eigenvalue weighted by atomic mass is 32.1. The number of rotatable bonds is 5. The molecule has 0 saturated heterocycles. The number of nitrogens with one attached hydrogen (secondary N) is 1. The SMILES string of the molecule is C=C(N[C@H]1COc2cccnc2N(C)C1=O)c1ncc(Cc2ccccc2)s1. The van der Waals surface area contributed by atoms with Gasteiger partial charge in [-0.25, -0.2) is 9.97 Å². The molecule has 1 aliphatic rings. The second-order valence-electron chi connectivity index (χ2n) is 6.50. The lowest BCUT2D eigenvalue weighted by Gasteiger charge is -2.20. The Bertz CT molecular complexity index is 1000. The molecule has 7 heteroatoms. The lowest BCUT2D eigenvalue weighted by molar-refractivity contribution is -0.120. The van der Waals surface area contributed by atoms with Crippen LogP contribution in [0.1, 0.15) is 15.4 Å². The van der Waals surface area contributed by atoms with Crippen molar-refractivity contribution < 1.29 is 9.53 Å². The van der Waals surface area contributed by atoms with Gasteiger partial charge in [0, 0.05) is 30.7 Å². The topological polar surface area (TPSA) is 67.3 Å². The molecule has 0 fully saturated rings. The maximum absolute atomic E-state index is 12.8. The maximum Gasteiger partial charge on any atom is 0.254 e. The van der Waals surface area contributed by atoms with Gasteiger partial charge in [0.2, 0.25) is 0 Å². The number of nitrogens with zero attached hydrogens (tertiary/aromatic N) is 3. The van der Waals surface area contributed by atoms with E-state index in [1.807, 2.05) is 24.4 Å². The van der Waals surface area contributed by atoms with Crippen LogP contribution in [0.15, 0.2) is 61.4 Å². The number of benzene rings is 1. The van der Waals surface area contributed by atoms with Gasteiger partial charge in [0.05, 0.1) is 5.70 Å². The van der Waals surface area contributed by atoms with Crippen molar-refractivity contribution in [2.45, 2.75) is 12.5 Å². The Balaban J connectivity index is 1.45. The zero-order valence-electron chi connectivity index (χ0n) is 15.5. The highest BCUT2D eigenvalue weighted by Gasteiger charge is 2.30. The number of carbonyl (C=O) groups is 1. The summed E-state index contributed by atoms with van der Waals surface area (Å²) in [6.07, 6.45) is 4.32. The van der Waals surface area contributed by atoms with Crippen LogP contribution in [0.2, 0.25) is 0 Å². The van der Waals surface area contributed by atoms with Gasteiger partial charge in [0.1, 0.15) is 17.7 Å². The first kappa shape index (κ1) is 18.2. The molecule has 1 amide bonds. The number of ether oxygens (including phenoxy) is 1. The van der Waals surface area contributed by atoms with Gasteiger partial charge in [-0.2, -0.15) is 0 Å². The number of amides is 1. The third-order valence-electron chi connectivity index (χ3n) is 4.48. The van der Waals surface area contributed by atoms with Crippen molar-refractivity contribution in [3.8, 4) is 5.75 Å². The summed E-state index contributed by atoms with van der Waals surface area (Å²) in [6, 6.07) is 13.3. The van der Waals surface area contributed by atoms with E-state index >= 15 is 0 Å². The van der Waals surface area contributed by atoms with Gasteiger partial charge in [-0.3, -0.25) is 9.69 Å². The van der Waals surface area contributed by atoms with Crippen molar-refractivity contribution >= 4 is 28.8 Å². The van der Waals surface area contributed by atoms with Crippen molar-refractivity contribution in [1.82, 2.24) is 15.3 Å². The first-order valence-electron chi connectivity index (χ1n) is 8.91. The number of anilines is 1. The van der Waals surface area contributed by atoms with E-state index in [1.165, 1.54) is 10.5 Å². The van der Waals surface area contributed by atoms with Crippen molar-refractivity contribution in [3.05, 3.63) is 76.9 Å². The van der Waals surface area contributed by atoms with E-state index in [9.17, 15) is 4.79 Å². The number of hydrogen-bond donors (Lipinski definition) is 1. The molecule has 3 heterocycles. The maximum atomic E-state index is 12.8. The fourth-order valence-electron chi connectivity index (χ4n) is 3.03. The fourth-order valence-corrected chi connectivity index (χ4v) is 3.91. The molecule has 0 spiro atoms. The number of carbonyl (C=O) groups excluding carboxylic acids is 1. The van der Waals surface area contributed by atoms with E-state index < -0.39 is 6.04 Å². The minimum Gasteiger partial charge on any atom is -0.487 e. The number of aromatic nitrogens is 2. The fraction of sp³-hybridized carbons (Fsp3) is 0.190. The third kappa shape index (κ3) is 3.75. The van der Waals surface area contributed by atoms with E-state index in [1.54, 1.807) is 36.7 Å². The average molecular weight is 392 g/mol. The van der Waals surface area contributed by atoms with Gasteiger partial charge in [-0.05, 0) is 17.7 Å². The summed E-state index contributed by atoms with van der Waals surface area (Å²) in [4.78, 5) is 24.2. The van der Waals surface area contributed by atoms with Crippen LogP contribution in [0.3, 0.4) is 0 Å². The monoisotopic (exact) mass is 392 g/mol. The third-order valence-corrected chi connectivity index (χ3v) is 5.54. The Morgan fingerprint density at radius 3 is 2.93 bits per heavy atom. The molecule has 28 heavy (non-hydrogen) atoms. The lowest BCUT2D eigenvalue weighted by atomic mass is 10.1. The highest BCUT2D eigenvalue weighted by Crippen LogP contribution is 2.28. The first-order valence-corrected chi connectivity index (χ1v) is 9.73. The van der Waals surface area contributed by atoms with Crippen LogP contribution in [0.4, 0.5) is 5.82 Å². The number of likely N-dealkylation sites (N-methyl/N-ethyl adjacent to an activating group) is 1. The molecule has 2 aromatic heterocycles. The van der Waals surface area contributed by atoms with E-state index in [0.29, 0.717) is 17.3 Å². The summed E-state index contributed by atoms with van der Waals surface area (Å²) in [5.41, 5.74) is 1.84. The number of thiazole rings is 1. The molecule has 3 aromatic rings. The molecular formula is C21H20N4O2S. The van der Waals surface area contributed by atoms with Crippen LogP contribution < -0.4 is 15.0 Å². The Hall–Kier alpha value is -3.19. The molecule has 1 aliphatic heterocycles. The van der Waals surface area contributed by atoms with Crippen LogP contribution in [-0.4, -0.2) is 35.6 Å². The summed E-state index contributed by atoms with van der Waals surface area (Å²) in [6.45, 7) is 4.27. The Kier molecular flexibility index (Phi) is 5.08. The van der Waals surface area contributed by atoms with Crippen molar-refractivity contribution in [2.24, 2.45) is 0 Å². The van der Waals surface area contributed by atoms with Gasteiger partial charge in [0.15, 0.2) is 11.6 Å². The second-order valence-corrected chi connectivity index (χ2v) is 7.62. The van der Waals surface area contributed by atoms with Crippen LogP contribution >= 0.6 is 11.3 Å². The Labute approximate surface area is 167 Å². The predicted octanol–water partition coefficient (Wildman–Crippen LogP) is 3.11. The minimum atomic E-state index is -0.562. The van der Waals surface area contributed by atoms with E-state index in [4.69, 9.17) is 4.74 Å². The molecule has 0 saturated carbocycles. The molecule has 6 nitrogen and oxygen atoms in total. The van der Waals surface area contributed by atoms with Crippen molar-refractivity contribution in [3.63, 3.8) is 0 Å². The van der Waals surface area contributed by atoms with Gasteiger partial charge in [-0.1, -0.05) is 36.9 Å². The number of fused-ring (bicyclic) bond motifs is 1. The molecule has 1 atom stereocenters. The lowest BCUT2D eigenvalue weighted by Crippen LogP contribution is -2.46. The van der Waals surface area contributed by atoms with Gasteiger partial charge < -0.3 is 10.1 Å². The second kappa shape index (κ2) is 7.82. The Morgan fingerprint density at radius 1 is 1.29 bits per heavy atom. The molecule has 1 aromatic carbocycles. The summed E-state index contributed by atoms with van der Waals surface area (Å²) in [5.74, 6) is 0.981. The molecule has 0 bridgehead atoms. The molecule has 142 valence electrons. The van der Waals surface area contributed by atoms with Crippen LogP contribution in [0.25, 0.3) is 5.70 Å². The van der Waals surface area contributed by atoms with Crippen LogP contribution in [0, 0.1) is 0 Å². The van der Waals surface area contributed by atoms with Gasteiger partial charge in [-0.15, -0.1) is 11.3 Å². The predicted molar refractivity (Wildman–Crippen MR) is 110 cm³/mol. The Morgan fingerprint density at radius 2 is 2.11 bits per heavy atom. The van der Waals surface area contributed by atoms with Gasteiger partial charge in [0.25, 0.3) is 5.91 Å². The average Bonchev–Trinajstić information content (AvgIpc) is 3.15. The van der Waals surface area contributed by atoms with Crippen molar-refractivity contribution in [2.75, 3.05) is 18.6 Å². The first-order chi connectivity index (χ1) is 13.6. The summed E-state index contributed by atoms with van der Waals surface area (Å²) in [7, 11) is 1.70. The summed E-state index contributed by atoms with van der Waals surface area (Å²) in [5, 5.41) is 3.94. The molecule has 0 unspecified atom stereocenters.